The van der Waals surface area contributed by atoms with Crippen molar-refractivity contribution in [2.45, 2.75) is 13.0 Å². The number of nitrogens with two attached hydrogens (primary N) is 1. The van der Waals surface area contributed by atoms with Crippen molar-refractivity contribution in [3.05, 3.63) is 64.0 Å². The number of hydrogen-bond donors (Lipinski definition) is 3. The van der Waals surface area contributed by atoms with Gasteiger partial charge in [-0.25, -0.2) is 4.98 Å². The smallest absolute Gasteiger partial charge is 0.274 e. The summed E-state index contributed by atoms with van der Waals surface area (Å²) in [4.78, 5) is 30.2. The Morgan fingerprint density at radius 3 is 2.88 bits per heavy atom. The zero-order chi connectivity index (χ0) is 17.3. The molecule has 2 aromatic heterocycles. The van der Waals surface area contributed by atoms with E-state index in [2.05, 4.69) is 15.3 Å². The Morgan fingerprint density at radius 2 is 2.17 bits per heavy atom. The molecule has 1 unspecified atom stereocenters. The van der Waals surface area contributed by atoms with Crippen LogP contribution in [0.5, 0.6) is 0 Å². The van der Waals surface area contributed by atoms with E-state index >= 15 is 0 Å². The standard InChI is InChI=1S/C16H15N5O3/c1-9(17)11-3-2-10(8-14(11)21(23)24)16(22)20-13-5-7-19-15-12(13)4-6-18-15/h2-9H,17H2,1H3,(H2,18,19,20,22). The number of nitrogens with one attached hydrogen (secondary N) is 2. The molecule has 8 nitrogen and oxygen atoms in total. The van der Waals surface area contributed by atoms with E-state index in [1.54, 1.807) is 31.5 Å². The number of hydrogen-bond acceptors (Lipinski definition) is 5. The molecule has 0 aliphatic rings. The second-order valence-corrected chi connectivity index (χ2v) is 5.37. The summed E-state index contributed by atoms with van der Waals surface area (Å²) >= 11 is 0. The number of carbonyl (C=O) groups is 1. The van der Waals surface area contributed by atoms with Crippen LogP contribution in [0.4, 0.5) is 11.4 Å². The molecule has 0 aliphatic carbocycles. The number of benzene rings is 1. The van der Waals surface area contributed by atoms with Crippen LogP contribution in [-0.2, 0) is 0 Å². The summed E-state index contributed by atoms with van der Waals surface area (Å²) in [5.74, 6) is -0.442. The Kier molecular flexibility index (Phi) is 3.97. The van der Waals surface area contributed by atoms with Crippen molar-refractivity contribution in [3.8, 4) is 0 Å². The van der Waals surface area contributed by atoms with Crippen LogP contribution in [-0.4, -0.2) is 20.8 Å². The molecule has 1 atom stereocenters. The molecule has 0 radical (unpaired) electrons. The first-order valence-electron chi connectivity index (χ1n) is 7.24. The van der Waals surface area contributed by atoms with Crippen molar-refractivity contribution in [1.82, 2.24) is 9.97 Å². The number of fused-ring (bicyclic) bond motifs is 1. The minimum Gasteiger partial charge on any atom is -0.346 e. The molecule has 0 bridgehead atoms. The molecule has 2 heterocycles. The van der Waals surface area contributed by atoms with Gasteiger partial charge in [-0.15, -0.1) is 0 Å². The summed E-state index contributed by atoms with van der Waals surface area (Å²) in [5.41, 5.74) is 7.36. The van der Waals surface area contributed by atoms with Gasteiger partial charge in [-0.3, -0.25) is 14.9 Å². The summed E-state index contributed by atoms with van der Waals surface area (Å²) < 4.78 is 0. The van der Waals surface area contributed by atoms with Crippen LogP contribution >= 0.6 is 0 Å². The van der Waals surface area contributed by atoms with Gasteiger partial charge in [-0.05, 0) is 31.2 Å². The molecule has 1 amide bonds. The summed E-state index contributed by atoms with van der Waals surface area (Å²) in [5, 5.41) is 14.7. The van der Waals surface area contributed by atoms with E-state index in [-0.39, 0.29) is 11.3 Å². The Bertz CT molecular complexity index is 932. The summed E-state index contributed by atoms with van der Waals surface area (Å²) in [6.07, 6.45) is 3.28. The lowest BCUT2D eigenvalue weighted by Gasteiger charge is -2.10. The number of nitro groups is 1. The fourth-order valence-corrected chi connectivity index (χ4v) is 2.49. The maximum absolute atomic E-state index is 12.4. The van der Waals surface area contributed by atoms with Gasteiger partial charge in [0.2, 0.25) is 0 Å². The molecule has 0 saturated carbocycles. The summed E-state index contributed by atoms with van der Waals surface area (Å²) in [6.45, 7) is 1.65. The molecule has 3 rings (SSSR count). The number of amides is 1. The van der Waals surface area contributed by atoms with Crippen LogP contribution in [0, 0.1) is 10.1 Å². The highest BCUT2D eigenvalue weighted by molar-refractivity contribution is 6.08. The first-order valence-corrected chi connectivity index (χ1v) is 7.24. The lowest BCUT2D eigenvalue weighted by atomic mass is 10.0. The number of aromatic amines is 1. The summed E-state index contributed by atoms with van der Waals surface area (Å²) in [6, 6.07) is 7.23. The fourth-order valence-electron chi connectivity index (χ4n) is 2.49. The predicted octanol–water partition coefficient (Wildman–Crippen LogP) is 2.74. The topological polar surface area (TPSA) is 127 Å². The normalized spacial score (nSPS) is 12.1. The number of carbonyl (C=O) groups excluding carboxylic acids is 1. The third-order valence-electron chi connectivity index (χ3n) is 3.69. The number of rotatable bonds is 4. The number of pyridine rings is 1. The number of aromatic nitrogens is 2. The quantitative estimate of drug-likeness (QED) is 0.502. The second kappa shape index (κ2) is 6.09. The van der Waals surface area contributed by atoms with Gasteiger partial charge < -0.3 is 16.0 Å². The van der Waals surface area contributed by atoms with Crippen molar-refractivity contribution in [1.29, 1.82) is 0 Å². The number of nitro benzene ring substituents is 1. The molecule has 0 aliphatic heterocycles. The van der Waals surface area contributed by atoms with Gasteiger partial charge in [-0.2, -0.15) is 0 Å². The molecule has 0 saturated heterocycles. The fraction of sp³-hybridized carbons (Fsp3) is 0.125. The number of anilines is 1. The number of H-pyrrole nitrogens is 1. The van der Waals surface area contributed by atoms with Gasteiger partial charge in [0.25, 0.3) is 11.6 Å². The number of nitrogens with zero attached hydrogens (tertiary/aromatic N) is 2. The van der Waals surface area contributed by atoms with Crippen molar-refractivity contribution in [2.75, 3.05) is 5.32 Å². The van der Waals surface area contributed by atoms with Crippen LogP contribution in [0.3, 0.4) is 0 Å². The molecule has 0 spiro atoms. The monoisotopic (exact) mass is 325 g/mol. The van der Waals surface area contributed by atoms with Crippen molar-refractivity contribution in [3.63, 3.8) is 0 Å². The highest BCUT2D eigenvalue weighted by Crippen LogP contribution is 2.26. The second-order valence-electron chi connectivity index (χ2n) is 5.37. The average molecular weight is 325 g/mol. The third kappa shape index (κ3) is 2.82. The summed E-state index contributed by atoms with van der Waals surface area (Å²) in [7, 11) is 0. The molecule has 0 fully saturated rings. The highest BCUT2D eigenvalue weighted by Gasteiger charge is 2.20. The van der Waals surface area contributed by atoms with Gasteiger partial charge in [0, 0.05) is 41.0 Å². The van der Waals surface area contributed by atoms with Gasteiger partial charge >= 0.3 is 0 Å². The van der Waals surface area contributed by atoms with Crippen LogP contribution < -0.4 is 11.1 Å². The lowest BCUT2D eigenvalue weighted by Crippen LogP contribution is -2.14. The third-order valence-corrected chi connectivity index (χ3v) is 3.69. The van der Waals surface area contributed by atoms with Crippen LogP contribution in [0.25, 0.3) is 11.0 Å². The van der Waals surface area contributed by atoms with Crippen LogP contribution in [0.1, 0.15) is 28.9 Å². The Labute approximate surface area is 136 Å². The largest absolute Gasteiger partial charge is 0.346 e. The Morgan fingerprint density at radius 1 is 1.38 bits per heavy atom. The van der Waals surface area contributed by atoms with Crippen LogP contribution in [0.15, 0.2) is 42.7 Å². The minimum absolute atomic E-state index is 0.167. The van der Waals surface area contributed by atoms with Crippen molar-refractivity contribution >= 4 is 28.3 Å². The minimum atomic E-state index is -0.535. The SMILES string of the molecule is CC(N)c1ccc(C(=O)Nc2ccnc3[nH]ccc23)cc1[N+](=O)[O-]. The Hall–Kier alpha value is -3.26. The van der Waals surface area contributed by atoms with E-state index in [9.17, 15) is 14.9 Å². The molecule has 3 aromatic rings. The van der Waals surface area contributed by atoms with E-state index in [0.717, 1.165) is 5.39 Å². The molecular weight excluding hydrogens is 310 g/mol. The van der Waals surface area contributed by atoms with Crippen molar-refractivity contribution < 1.29 is 9.72 Å². The maximum atomic E-state index is 12.4. The molecular formula is C16H15N5O3. The Balaban J connectivity index is 1.94. The maximum Gasteiger partial charge on any atom is 0.274 e. The van der Waals surface area contributed by atoms with E-state index in [1.807, 2.05) is 0 Å². The molecule has 8 heteroatoms. The lowest BCUT2D eigenvalue weighted by molar-refractivity contribution is -0.385. The highest BCUT2D eigenvalue weighted by atomic mass is 16.6. The van der Waals surface area contributed by atoms with E-state index in [1.165, 1.54) is 18.2 Å². The zero-order valence-electron chi connectivity index (χ0n) is 12.8. The molecule has 4 N–H and O–H groups in total. The van der Waals surface area contributed by atoms with Gasteiger partial charge in [-0.1, -0.05) is 0 Å². The molecule has 1 aromatic carbocycles. The molecule has 24 heavy (non-hydrogen) atoms. The van der Waals surface area contributed by atoms with E-state index in [4.69, 9.17) is 5.73 Å². The van der Waals surface area contributed by atoms with Gasteiger partial charge in [0.15, 0.2) is 0 Å². The average Bonchev–Trinajstić information content (AvgIpc) is 3.03. The van der Waals surface area contributed by atoms with E-state index < -0.39 is 16.9 Å². The first-order chi connectivity index (χ1) is 11.5. The van der Waals surface area contributed by atoms with E-state index in [0.29, 0.717) is 16.9 Å². The first kappa shape index (κ1) is 15.6. The van der Waals surface area contributed by atoms with Crippen LogP contribution in [0.2, 0.25) is 0 Å². The molecule has 122 valence electrons. The zero-order valence-corrected chi connectivity index (χ0v) is 12.8. The van der Waals surface area contributed by atoms with Gasteiger partial charge in [0.05, 0.1) is 10.6 Å². The van der Waals surface area contributed by atoms with Gasteiger partial charge in [0.1, 0.15) is 5.65 Å². The predicted molar refractivity (Wildman–Crippen MR) is 89.7 cm³/mol. The van der Waals surface area contributed by atoms with Crippen molar-refractivity contribution in [2.24, 2.45) is 5.73 Å².